The Kier molecular flexibility index (Phi) is 5.94. The minimum Gasteiger partial charge on any atom is -0.289 e. The van der Waals surface area contributed by atoms with Crippen LogP contribution in [0.3, 0.4) is 0 Å². The Hall–Kier alpha value is -1.71. The van der Waals surface area contributed by atoms with Crippen molar-refractivity contribution in [1.82, 2.24) is 0 Å². The smallest absolute Gasteiger partial charge is 0.110 e. The molecule has 4 heteroatoms. The predicted octanol–water partition coefficient (Wildman–Crippen LogP) is 3.38. The Morgan fingerprint density at radius 2 is 1.86 bits per heavy atom. The van der Waals surface area contributed by atoms with E-state index in [-0.39, 0.29) is 0 Å². The molecule has 1 rings (SSSR count). The van der Waals surface area contributed by atoms with Crippen LogP contribution < -0.4 is 5.01 Å². The highest BCUT2D eigenvalue weighted by atomic mass is 15.5. The summed E-state index contributed by atoms with van der Waals surface area (Å²) < 4.78 is 0. The van der Waals surface area contributed by atoms with Gasteiger partial charge in [-0.2, -0.15) is 5.53 Å². The lowest BCUT2D eigenvalue weighted by Crippen LogP contribution is -2.12. The van der Waals surface area contributed by atoms with Crippen LogP contribution in [0.15, 0.2) is 29.5 Å². The Balaban J connectivity index is 0.000000791. The van der Waals surface area contributed by atoms with Gasteiger partial charge in [0.15, 0.2) is 0 Å². The number of anilines is 1. The predicted molar refractivity (Wildman–Crippen MR) is 58.9 cm³/mol. The fourth-order valence-corrected chi connectivity index (χ4v) is 0.973. The highest BCUT2D eigenvalue weighted by Crippen LogP contribution is 2.17. The van der Waals surface area contributed by atoms with Crippen LogP contribution in [-0.4, -0.2) is 6.34 Å². The van der Waals surface area contributed by atoms with Crippen molar-refractivity contribution in [3.05, 3.63) is 29.8 Å². The maximum atomic E-state index is 6.98. The summed E-state index contributed by atoms with van der Waals surface area (Å²) in [7, 11) is 0. The van der Waals surface area contributed by atoms with E-state index in [4.69, 9.17) is 10.9 Å². The van der Waals surface area contributed by atoms with E-state index in [1.54, 1.807) is 0 Å². The molecule has 0 saturated heterocycles. The maximum Gasteiger partial charge on any atom is 0.110 e. The van der Waals surface area contributed by atoms with Gasteiger partial charge in [-0.1, -0.05) is 37.3 Å². The van der Waals surface area contributed by atoms with Crippen LogP contribution >= 0.6 is 0 Å². The van der Waals surface area contributed by atoms with Crippen molar-refractivity contribution in [2.24, 2.45) is 5.22 Å². The van der Waals surface area contributed by atoms with Crippen LogP contribution in [0.4, 0.5) is 5.69 Å². The largest absolute Gasteiger partial charge is 0.289 e. The van der Waals surface area contributed by atoms with E-state index < -0.39 is 0 Å². The summed E-state index contributed by atoms with van der Waals surface area (Å²) >= 11 is 0. The Bertz CT molecular complexity index is 288. The molecule has 76 valence electrons. The lowest BCUT2D eigenvalue weighted by Gasteiger charge is -2.12. The molecule has 0 radical (unpaired) electrons. The summed E-state index contributed by atoms with van der Waals surface area (Å²) in [4.78, 5) is 0. The van der Waals surface area contributed by atoms with Crippen molar-refractivity contribution in [3.8, 4) is 0 Å². The second-order valence-electron chi connectivity index (χ2n) is 2.36. The summed E-state index contributed by atoms with van der Waals surface area (Å²) in [6.45, 7) is 5.91. The van der Waals surface area contributed by atoms with E-state index in [0.29, 0.717) is 0 Å². The second-order valence-corrected chi connectivity index (χ2v) is 2.36. The summed E-state index contributed by atoms with van der Waals surface area (Å²) in [5, 5.41) is 11.4. The minimum atomic E-state index is 0.766. The van der Waals surface area contributed by atoms with E-state index >= 15 is 0 Å². The molecular formula is C10H16N4. The van der Waals surface area contributed by atoms with Crippen LogP contribution in [0.5, 0.6) is 0 Å². The van der Waals surface area contributed by atoms with Crippen molar-refractivity contribution in [2.75, 3.05) is 5.01 Å². The van der Waals surface area contributed by atoms with Crippen LogP contribution in [-0.2, 0) is 0 Å². The molecule has 2 N–H and O–H groups in total. The van der Waals surface area contributed by atoms with Crippen LogP contribution in [0.2, 0.25) is 0 Å². The van der Waals surface area contributed by atoms with E-state index in [2.05, 4.69) is 5.22 Å². The molecule has 4 nitrogen and oxygen atoms in total. The monoisotopic (exact) mass is 192 g/mol. The summed E-state index contributed by atoms with van der Waals surface area (Å²) in [6, 6.07) is 7.49. The normalized spacial score (nSPS) is 8.21. The SMILES string of the molecule is CC.Cc1ccccc1N(C=N)N=N. The van der Waals surface area contributed by atoms with E-state index in [0.717, 1.165) is 17.6 Å². The first-order valence-corrected chi connectivity index (χ1v) is 4.52. The van der Waals surface area contributed by atoms with Crippen LogP contribution in [0.1, 0.15) is 19.4 Å². The fourth-order valence-electron chi connectivity index (χ4n) is 0.973. The number of rotatable bonds is 3. The standard InChI is InChI=1S/C8H10N4.C2H6/c1-7-4-2-3-5-8(7)12(6-9)11-10;1-2/h2-6,9-10H,1H3;1-2H3. The van der Waals surface area contributed by atoms with Gasteiger partial charge in [0.2, 0.25) is 0 Å². The fraction of sp³-hybridized carbons (Fsp3) is 0.300. The van der Waals surface area contributed by atoms with Crippen molar-refractivity contribution in [3.63, 3.8) is 0 Å². The van der Waals surface area contributed by atoms with E-state index in [1.807, 2.05) is 45.0 Å². The third-order valence-corrected chi connectivity index (χ3v) is 1.59. The first-order chi connectivity index (χ1) is 6.79. The molecule has 0 aliphatic rings. The molecule has 1 aromatic rings. The number of para-hydroxylation sites is 1. The number of benzene rings is 1. The molecular weight excluding hydrogens is 176 g/mol. The van der Waals surface area contributed by atoms with Gasteiger partial charge in [-0.05, 0) is 18.6 Å². The minimum absolute atomic E-state index is 0.766. The van der Waals surface area contributed by atoms with Gasteiger partial charge in [0, 0.05) is 0 Å². The first kappa shape index (κ1) is 12.3. The van der Waals surface area contributed by atoms with Gasteiger partial charge in [0.1, 0.15) is 6.34 Å². The molecule has 0 aliphatic heterocycles. The summed E-state index contributed by atoms with van der Waals surface area (Å²) in [5.41, 5.74) is 8.56. The molecule has 0 unspecified atom stereocenters. The average molecular weight is 192 g/mol. The number of aryl methyl sites for hydroxylation is 1. The van der Waals surface area contributed by atoms with Crippen LogP contribution in [0, 0.1) is 17.9 Å². The van der Waals surface area contributed by atoms with Gasteiger partial charge >= 0.3 is 0 Å². The molecule has 0 heterocycles. The third-order valence-electron chi connectivity index (χ3n) is 1.59. The molecule has 0 aromatic heterocycles. The van der Waals surface area contributed by atoms with Crippen molar-refractivity contribution in [1.29, 1.82) is 10.9 Å². The number of nitrogens with zero attached hydrogens (tertiary/aromatic N) is 2. The first-order valence-electron chi connectivity index (χ1n) is 4.52. The van der Waals surface area contributed by atoms with Gasteiger partial charge in [0.25, 0.3) is 0 Å². The molecule has 0 atom stereocenters. The average Bonchev–Trinajstić information content (AvgIpc) is 2.25. The summed E-state index contributed by atoms with van der Waals surface area (Å²) in [6.07, 6.45) is 1.01. The van der Waals surface area contributed by atoms with Crippen molar-refractivity contribution in [2.45, 2.75) is 20.8 Å². The Morgan fingerprint density at radius 1 is 1.29 bits per heavy atom. The van der Waals surface area contributed by atoms with Crippen molar-refractivity contribution < 1.29 is 0 Å². The molecule has 0 spiro atoms. The second kappa shape index (κ2) is 6.77. The van der Waals surface area contributed by atoms with Gasteiger partial charge < -0.3 is 0 Å². The lowest BCUT2D eigenvalue weighted by atomic mass is 10.2. The van der Waals surface area contributed by atoms with Gasteiger partial charge in [-0.3, -0.25) is 5.41 Å². The Labute approximate surface area is 84.5 Å². The molecule has 0 saturated carbocycles. The molecule has 1 aromatic carbocycles. The number of hydrogen-bond acceptors (Lipinski definition) is 3. The number of nitrogens with one attached hydrogen (secondary N) is 2. The summed E-state index contributed by atoms with van der Waals surface area (Å²) in [5.74, 6) is 0. The molecule has 0 amide bonds. The van der Waals surface area contributed by atoms with Crippen LogP contribution in [0.25, 0.3) is 0 Å². The van der Waals surface area contributed by atoms with E-state index in [9.17, 15) is 0 Å². The topological polar surface area (TPSA) is 63.3 Å². The molecule has 0 bridgehead atoms. The molecule has 0 fully saturated rings. The van der Waals surface area contributed by atoms with Gasteiger partial charge in [-0.25, -0.2) is 5.01 Å². The van der Waals surface area contributed by atoms with E-state index in [1.165, 1.54) is 5.01 Å². The quantitative estimate of drug-likeness (QED) is 0.328. The zero-order chi connectivity index (χ0) is 11.0. The highest BCUT2D eigenvalue weighted by molar-refractivity contribution is 5.77. The van der Waals surface area contributed by atoms with Crippen molar-refractivity contribution >= 4 is 12.0 Å². The zero-order valence-electron chi connectivity index (χ0n) is 8.78. The van der Waals surface area contributed by atoms with Gasteiger partial charge in [0.05, 0.1) is 5.69 Å². The highest BCUT2D eigenvalue weighted by Gasteiger charge is 2.02. The molecule has 0 aliphatic carbocycles. The Morgan fingerprint density at radius 3 is 2.29 bits per heavy atom. The van der Waals surface area contributed by atoms with Gasteiger partial charge in [-0.15, -0.1) is 0 Å². The molecule has 14 heavy (non-hydrogen) atoms. The maximum absolute atomic E-state index is 6.98. The zero-order valence-corrected chi connectivity index (χ0v) is 8.78. The number of hydrogen-bond donors (Lipinski definition) is 2. The third kappa shape index (κ3) is 2.97. The lowest BCUT2D eigenvalue weighted by molar-refractivity contribution is 0.948.